The summed E-state index contributed by atoms with van der Waals surface area (Å²) in [5, 5.41) is 11.3. The summed E-state index contributed by atoms with van der Waals surface area (Å²) in [6.07, 6.45) is 3.04. The molecule has 37 heavy (non-hydrogen) atoms. The number of anilines is 1. The average Bonchev–Trinajstić information content (AvgIpc) is 3.46. The number of thiazole rings is 1. The molecule has 0 saturated heterocycles. The number of benzene rings is 3. The fraction of sp³-hybridized carbons (Fsp3) is 0.138. The normalized spacial score (nSPS) is 15.7. The van der Waals surface area contributed by atoms with Gasteiger partial charge in [-0.15, -0.1) is 0 Å². The largest absolute Gasteiger partial charge is 0.503 e. The van der Waals surface area contributed by atoms with Gasteiger partial charge in [-0.25, -0.2) is 4.98 Å². The molecule has 1 unspecified atom stereocenters. The Morgan fingerprint density at radius 3 is 2.51 bits per heavy atom. The highest BCUT2D eigenvalue weighted by atomic mass is 32.1. The zero-order valence-corrected chi connectivity index (χ0v) is 21.1. The molecular formula is C29H24N2O5S. The lowest BCUT2D eigenvalue weighted by Gasteiger charge is -2.24. The Kier molecular flexibility index (Phi) is 6.74. The van der Waals surface area contributed by atoms with Gasteiger partial charge >= 0.3 is 0 Å². The molecule has 1 N–H and O–H groups in total. The zero-order chi connectivity index (χ0) is 25.9. The molecule has 1 aromatic heterocycles. The highest BCUT2D eigenvalue weighted by molar-refractivity contribution is 7.22. The van der Waals surface area contributed by atoms with Gasteiger partial charge in [0.1, 0.15) is 11.5 Å². The number of aliphatic hydroxyl groups is 1. The number of amides is 1. The summed E-state index contributed by atoms with van der Waals surface area (Å²) in [6, 6.07) is 21.0. The summed E-state index contributed by atoms with van der Waals surface area (Å²) in [6.45, 7) is 2.44. The third kappa shape index (κ3) is 4.71. The first kappa shape index (κ1) is 24.3. The van der Waals surface area contributed by atoms with E-state index >= 15 is 0 Å². The topological polar surface area (TPSA) is 89.0 Å². The molecule has 8 heteroatoms. The van der Waals surface area contributed by atoms with Gasteiger partial charge < -0.3 is 14.6 Å². The second-order valence-corrected chi connectivity index (χ2v) is 9.29. The minimum atomic E-state index is -0.863. The monoisotopic (exact) mass is 512 g/mol. The number of allylic oxidation sites excluding steroid dienone is 1. The predicted octanol–water partition coefficient (Wildman–Crippen LogP) is 5.89. The van der Waals surface area contributed by atoms with Crippen molar-refractivity contribution >= 4 is 44.5 Å². The van der Waals surface area contributed by atoms with E-state index in [0.29, 0.717) is 34.3 Å². The molecule has 1 amide bonds. The Morgan fingerprint density at radius 1 is 1.08 bits per heavy atom. The molecule has 0 aliphatic carbocycles. The molecule has 5 rings (SSSR count). The first-order valence-electron chi connectivity index (χ1n) is 11.7. The van der Waals surface area contributed by atoms with E-state index < -0.39 is 23.5 Å². The van der Waals surface area contributed by atoms with Crippen LogP contribution in [-0.4, -0.2) is 35.5 Å². The van der Waals surface area contributed by atoms with Crippen molar-refractivity contribution in [2.24, 2.45) is 0 Å². The van der Waals surface area contributed by atoms with Crippen LogP contribution in [0.4, 0.5) is 5.13 Å². The predicted molar refractivity (Wildman–Crippen MR) is 144 cm³/mol. The Morgan fingerprint density at radius 2 is 1.81 bits per heavy atom. The quantitative estimate of drug-likeness (QED) is 0.296. The van der Waals surface area contributed by atoms with Gasteiger partial charge in [0, 0.05) is 0 Å². The number of carbonyl (C=O) groups excluding carboxylic acids is 2. The van der Waals surface area contributed by atoms with Crippen molar-refractivity contribution in [3.8, 4) is 11.5 Å². The van der Waals surface area contributed by atoms with Crippen molar-refractivity contribution < 1.29 is 24.2 Å². The number of aromatic nitrogens is 1. The van der Waals surface area contributed by atoms with Crippen LogP contribution in [0.2, 0.25) is 0 Å². The number of ketones is 1. The minimum Gasteiger partial charge on any atom is -0.503 e. The van der Waals surface area contributed by atoms with Crippen molar-refractivity contribution in [3.63, 3.8) is 0 Å². The maximum atomic E-state index is 13.4. The molecule has 0 radical (unpaired) electrons. The lowest BCUT2D eigenvalue weighted by molar-refractivity contribution is -0.117. The van der Waals surface area contributed by atoms with E-state index in [0.717, 1.165) is 10.3 Å². The molecule has 3 aromatic carbocycles. The van der Waals surface area contributed by atoms with E-state index in [1.165, 1.54) is 22.3 Å². The van der Waals surface area contributed by atoms with Gasteiger partial charge in [-0.2, -0.15) is 0 Å². The highest BCUT2D eigenvalue weighted by Gasteiger charge is 2.45. The van der Waals surface area contributed by atoms with E-state index in [1.54, 1.807) is 37.5 Å². The molecular weight excluding hydrogens is 488 g/mol. The van der Waals surface area contributed by atoms with E-state index in [9.17, 15) is 14.7 Å². The van der Waals surface area contributed by atoms with Gasteiger partial charge in [0.2, 0.25) is 0 Å². The van der Waals surface area contributed by atoms with Crippen LogP contribution in [0.25, 0.3) is 16.3 Å². The van der Waals surface area contributed by atoms with E-state index in [4.69, 9.17) is 9.47 Å². The van der Waals surface area contributed by atoms with Gasteiger partial charge in [-0.1, -0.05) is 59.9 Å². The number of methoxy groups -OCH3 is 1. The Hall–Kier alpha value is -4.43. The van der Waals surface area contributed by atoms with E-state index in [2.05, 4.69) is 4.98 Å². The van der Waals surface area contributed by atoms with Crippen LogP contribution in [0, 0.1) is 0 Å². The van der Waals surface area contributed by atoms with Crippen LogP contribution < -0.4 is 14.4 Å². The minimum absolute atomic E-state index is 0.00314. The summed E-state index contributed by atoms with van der Waals surface area (Å²) in [7, 11) is 1.56. The van der Waals surface area contributed by atoms with Gasteiger partial charge in [0.05, 0.1) is 35.5 Å². The number of fused-ring (bicyclic) bond motifs is 1. The first-order chi connectivity index (χ1) is 18.0. The fourth-order valence-corrected chi connectivity index (χ4v) is 5.25. The number of hydrogen-bond acceptors (Lipinski definition) is 7. The third-order valence-electron chi connectivity index (χ3n) is 6.00. The molecule has 0 bridgehead atoms. The number of hydrogen-bond donors (Lipinski definition) is 1. The van der Waals surface area contributed by atoms with Crippen LogP contribution in [0.5, 0.6) is 11.5 Å². The zero-order valence-electron chi connectivity index (χ0n) is 20.3. The third-order valence-corrected chi connectivity index (χ3v) is 7.02. The molecule has 0 fully saturated rings. The molecule has 1 aliphatic rings. The summed E-state index contributed by atoms with van der Waals surface area (Å²) in [5.41, 5.74) is 2.16. The van der Waals surface area contributed by atoms with E-state index in [-0.39, 0.29) is 5.57 Å². The van der Waals surface area contributed by atoms with Crippen molar-refractivity contribution in [2.75, 3.05) is 18.6 Å². The van der Waals surface area contributed by atoms with Gasteiger partial charge in [-0.3, -0.25) is 14.5 Å². The SMILES string of the molecule is CCOc1ccc2nc(N3C(=O)C(O)=C(C(=O)C=Cc4ccccc4)C3c3ccc(OC)cc3)sc2c1. The lowest BCUT2D eigenvalue weighted by atomic mass is 9.95. The Bertz CT molecular complexity index is 1520. The van der Waals surface area contributed by atoms with Crippen molar-refractivity contribution in [1.29, 1.82) is 0 Å². The number of nitrogens with zero attached hydrogens (tertiary/aromatic N) is 2. The summed E-state index contributed by atoms with van der Waals surface area (Å²) < 4.78 is 11.7. The number of rotatable bonds is 8. The fourth-order valence-electron chi connectivity index (χ4n) is 4.23. The first-order valence-corrected chi connectivity index (χ1v) is 12.5. The standard InChI is InChI=1S/C29H24N2O5S/c1-3-36-21-14-15-22-24(17-21)37-29(30-22)31-26(19-10-12-20(35-2)13-11-19)25(27(33)28(31)34)23(32)16-9-18-7-5-4-6-8-18/h4-17,26,33H,3H2,1-2H3. The van der Waals surface area contributed by atoms with Gasteiger partial charge in [0.25, 0.3) is 5.91 Å². The second-order valence-electron chi connectivity index (χ2n) is 8.28. The average molecular weight is 513 g/mol. The van der Waals surface area contributed by atoms with Gasteiger partial charge in [0.15, 0.2) is 16.7 Å². The molecule has 1 atom stereocenters. The number of aliphatic hydroxyl groups excluding tert-OH is 1. The van der Waals surface area contributed by atoms with E-state index in [1.807, 2.05) is 55.5 Å². The van der Waals surface area contributed by atoms with Crippen molar-refractivity contribution in [3.05, 3.63) is 101 Å². The molecule has 0 spiro atoms. The summed E-state index contributed by atoms with van der Waals surface area (Å²) in [5.74, 6) is -0.391. The molecule has 2 heterocycles. The van der Waals surface area contributed by atoms with Crippen LogP contribution in [0.15, 0.2) is 90.2 Å². The van der Waals surface area contributed by atoms with Crippen LogP contribution in [0.1, 0.15) is 24.1 Å². The smallest absolute Gasteiger partial charge is 0.296 e. The van der Waals surface area contributed by atoms with Crippen LogP contribution in [0.3, 0.4) is 0 Å². The van der Waals surface area contributed by atoms with Crippen molar-refractivity contribution in [2.45, 2.75) is 13.0 Å². The summed E-state index contributed by atoms with van der Waals surface area (Å²) in [4.78, 5) is 32.8. The lowest BCUT2D eigenvalue weighted by Crippen LogP contribution is -2.30. The second kappa shape index (κ2) is 10.3. The van der Waals surface area contributed by atoms with Crippen molar-refractivity contribution in [1.82, 2.24) is 4.98 Å². The Balaban J connectivity index is 1.58. The summed E-state index contributed by atoms with van der Waals surface area (Å²) >= 11 is 1.29. The molecule has 0 saturated carbocycles. The van der Waals surface area contributed by atoms with Crippen LogP contribution >= 0.6 is 11.3 Å². The number of carbonyl (C=O) groups is 2. The molecule has 1 aliphatic heterocycles. The molecule has 7 nitrogen and oxygen atoms in total. The molecule has 4 aromatic rings. The Labute approximate surface area is 217 Å². The number of ether oxygens (including phenoxy) is 2. The molecule has 186 valence electrons. The maximum absolute atomic E-state index is 13.4. The maximum Gasteiger partial charge on any atom is 0.296 e. The highest BCUT2D eigenvalue weighted by Crippen LogP contribution is 2.44. The van der Waals surface area contributed by atoms with Gasteiger partial charge in [-0.05, 0) is 54.5 Å². The van der Waals surface area contributed by atoms with Crippen LogP contribution in [-0.2, 0) is 9.59 Å².